The Bertz CT molecular complexity index is 710. The maximum Gasteiger partial charge on any atom is 0.254 e. The number of methoxy groups -OCH3 is 1. The van der Waals surface area contributed by atoms with Crippen LogP contribution in [0.15, 0.2) is 23.0 Å². The molecule has 0 saturated carbocycles. The van der Waals surface area contributed by atoms with Crippen molar-refractivity contribution in [2.45, 2.75) is 25.7 Å². The summed E-state index contributed by atoms with van der Waals surface area (Å²) >= 11 is 6.12. The predicted octanol–water partition coefficient (Wildman–Crippen LogP) is 2.98. The van der Waals surface area contributed by atoms with Gasteiger partial charge in [0, 0.05) is 11.1 Å². The minimum absolute atomic E-state index is 0.0309. The molecule has 3 rings (SSSR count). The summed E-state index contributed by atoms with van der Waals surface area (Å²) < 4.78 is 5.13. The molecule has 2 aromatic rings. The van der Waals surface area contributed by atoms with E-state index in [9.17, 15) is 4.79 Å². The first-order valence-corrected chi connectivity index (χ1v) is 7.03. The first kappa shape index (κ1) is 13.2. The minimum atomic E-state index is -0.0309. The Labute approximate surface area is 121 Å². The highest BCUT2D eigenvalue weighted by Crippen LogP contribution is 2.29. The Morgan fingerprint density at radius 2 is 2.10 bits per heavy atom. The molecule has 1 aliphatic carbocycles. The summed E-state index contributed by atoms with van der Waals surface area (Å²) in [6, 6.07) is 5.38. The molecule has 5 heteroatoms. The Hall–Kier alpha value is -1.81. The lowest BCUT2D eigenvalue weighted by Crippen LogP contribution is -2.21. The van der Waals surface area contributed by atoms with Gasteiger partial charge in [-0.05, 0) is 43.9 Å². The normalized spacial score (nSPS) is 13.9. The van der Waals surface area contributed by atoms with E-state index < -0.39 is 0 Å². The van der Waals surface area contributed by atoms with Crippen molar-refractivity contribution in [3.63, 3.8) is 0 Å². The topological polar surface area (TPSA) is 55.0 Å². The van der Waals surface area contributed by atoms with Gasteiger partial charge in [0.2, 0.25) is 0 Å². The lowest BCUT2D eigenvalue weighted by Gasteiger charge is -2.14. The molecule has 0 amide bonds. The van der Waals surface area contributed by atoms with Crippen LogP contribution < -0.4 is 10.3 Å². The molecule has 0 radical (unpaired) electrons. The molecule has 0 aliphatic heterocycles. The van der Waals surface area contributed by atoms with Gasteiger partial charge in [-0.25, -0.2) is 4.98 Å². The smallest absolute Gasteiger partial charge is 0.254 e. The van der Waals surface area contributed by atoms with Crippen molar-refractivity contribution < 1.29 is 4.74 Å². The van der Waals surface area contributed by atoms with Crippen LogP contribution in [0, 0.1) is 0 Å². The van der Waals surface area contributed by atoms with E-state index in [-0.39, 0.29) is 5.56 Å². The summed E-state index contributed by atoms with van der Waals surface area (Å²) in [5.74, 6) is 1.18. The highest BCUT2D eigenvalue weighted by molar-refractivity contribution is 6.32. The highest BCUT2D eigenvalue weighted by Gasteiger charge is 2.16. The van der Waals surface area contributed by atoms with E-state index in [0.717, 1.165) is 42.5 Å². The van der Waals surface area contributed by atoms with Gasteiger partial charge in [0.15, 0.2) is 0 Å². The largest absolute Gasteiger partial charge is 0.495 e. The number of nitrogens with zero attached hydrogens (tertiary/aromatic N) is 1. The number of halogens is 1. The molecular weight excluding hydrogens is 276 g/mol. The van der Waals surface area contributed by atoms with Crippen LogP contribution in [0.5, 0.6) is 5.75 Å². The second-order valence-corrected chi connectivity index (χ2v) is 5.30. The number of aromatic amines is 1. The fraction of sp³-hybridized carbons (Fsp3) is 0.333. The summed E-state index contributed by atoms with van der Waals surface area (Å²) in [6.07, 6.45) is 3.84. The predicted molar refractivity (Wildman–Crippen MR) is 78.5 cm³/mol. The van der Waals surface area contributed by atoms with E-state index in [1.807, 2.05) is 6.07 Å². The molecule has 0 unspecified atom stereocenters. The van der Waals surface area contributed by atoms with Crippen LogP contribution >= 0.6 is 11.6 Å². The number of fused-ring (bicyclic) bond motifs is 1. The SMILES string of the molecule is COc1ccc(-c2nc3c(c(=O)[nH]2)CCCC3)cc1Cl. The molecule has 1 aliphatic rings. The first-order valence-electron chi connectivity index (χ1n) is 6.65. The fourth-order valence-corrected chi connectivity index (χ4v) is 2.81. The number of aryl methyl sites for hydroxylation is 1. The third-order valence-corrected chi connectivity index (χ3v) is 3.91. The molecule has 1 N–H and O–H groups in total. The molecule has 1 aromatic carbocycles. The number of H-pyrrole nitrogens is 1. The quantitative estimate of drug-likeness (QED) is 0.925. The molecule has 0 saturated heterocycles. The number of aromatic nitrogens is 2. The van der Waals surface area contributed by atoms with Gasteiger partial charge < -0.3 is 9.72 Å². The van der Waals surface area contributed by atoms with Crippen molar-refractivity contribution in [1.29, 1.82) is 0 Å². The van der Waals surface area contributed by atoms with Gasteiger partial charge in [0.25, 0.3) is 5.56 Å². The lowest BCUT2D eigenvalue weighted by atomic mass is 9.97. The average Bonchev–Trinajstić information content (AvgIpc) is 2.47. The number of benzene rings is 1. The molecule has 0 bridgehead atoms. The van der Waals surface area contributed by atoms with Crippen LogP contribution in [-0.4, -0.2) is 17.1 Å². The van der Waals surface area contributed by atoms with E-state index in [1.54, 1.807) is 19.2 Å². The number of nitrogens with one attached hydrogen (secondary N) is 1. The Morgan fingerprint density at radius 1 is 1.30 bits per heavy atom. The van der Waals surface area contributed by atoms with Crippen LogP contribution in [-0.2, 0) is 12.8 Å². The molecule has 0 fully saturated rings. The van der Waals surface area contributed by atoms with Crippen LogP contribution in [0.25, 0.3) is 11.4 Å². The van der Waals surface area contributed by atoms with E-state index >= 15 is 0 Å². The van der Waals surface area contributed by atoms with Crippen molar-refractivity contribution in [3.05, 3.63) is 44.8 Å². The van der Waals surface area contributed by atoms with Gasteiger partial charge in [0.1, 0.15) is 11.6 Å². The first-order chi connectivity index (χ1) is 9.69. The number of hydrogen-bond donors (Lipinski definition) is 1. The lowest BCUT2D eigenvalue weighted by molar-refractivity contribution is 0.415. The molecule has 1 aromatic heterocycles. The van der Waals surface area contributed by atoms with Crippen LogP contribution in [0.3, 0.4) is 0 Å². The third kappa shape index (κ3) is 2.31. The number of rotatable bonds is 2. The van der Waals surface area contributed by atoms with Gasteiger partial charge >= 0.3 is 0 Å². The molecular formula is C15H15ClN2O2. The van der Waals surface area contributed by atoms with E-state index in [0.29, 0.717) is 16.6 Å². The Balaban J connectivity index is 2.08. The molecule has 104 valence electrons. The van der Waals surface area contributed by atoms with Crippen molar-refractivity contribution >= 4 is 11.6 Å². The molecule has 4 nitrogen and oxygen atoms in total. The van der Waals surface area contributed by atoms with Crippen LogP contribution in [0.2, 0.25) is 5.02 Å². The molecule has 0 atom stereocenters. The molecule has 20 heavy (non-hydrogen) atoms. The van der Waals surface area contributed by atoms with Gasteiger partial charge in [-0.2, -0.15) is 0 Å². The van der Waals surface area contributed by atoms with Crippen molar-refractivity contribution in [2.75, 3.05) is 7.11 Å². The van der Waals surface area contributed by atoms with E-state index in [4.69, 9.17) is 16.3 Å². The van der Waals surface area contributed by atoms with Crippen LogP contribution in [0.4, 0.5) is 0 Å². The second kappa shape index (κ2) is 5.29. The Morgan fingerprint density at radius 3 is 2.85 bits per heavy atom. The maximum absolute atomic E-state index is 12.1. The molecule has 0 spiro atoms. The van der Waals surface area contributed by atoms with Crippen LogP contribution in [0.1, 0.15) is 24.1 Å². The third-order valence-electron chi connectivity index (χ3n) is 3.62. The zero-order valence-corrected chi connectivity index (χ0v) is 12.0. The second-order valence-electron chi connectivity index (χ2n) is 4.90. The monoisotopic (exact) mass is 290 g/mol. The van der Waals surface area contributed by atoms with Gasteiger partial charge in [-0.1, -0.05) is 11.6 Å². The van der Waals surface area contributed by atoms with Gasteiger partial charge in [-0.3, -0.25) is 4.79 Å². The maximum atomic E-state index is 12.1. The summed E-state index contributed by atoms with van der Waals surface area (Å²) in [6.45, 7) is 0. The zero-order valence-electron chi connectivity index (χ0n) is 11.2. The highest BCUT2D eigenvalue weighted by atomic mass is 35.5. The molecule has 1 heterocycles. The number of ether oxygens (including phenoxy) is 1. The van der Waals surface area contributed by atoms with Gasteiger partial charge in [0.05, 0.1) is 17.8 Å². The van der Waals surface area contributed by atoms with E-state index in [1.165, 1.54) is 0 Å². The summed E-state index contributed by atoms with van der Waals surface area (Å²) in [5, 5.41) is 0.505. The summed E-state index contributed by atoms with van der Waals surface area (Å²) in [7, 11) is 1.57. The fourth-order valence-electron chi connectivity index (χ4n) is 2.55. The van der Waals surface area contributed by atoms with Crippen molar-refractivity contribution in [2.24, 2.45) is 0 Å². The standard InChI is InChI=1S/C15H15ClN2O2/c1-20-13-7-6-9(8-11(13)16)14-17-12-5-3-2-4-10(12)15(19)18-14/h6-8H,2-5H2,1H3,(H,17,18,19). The zero-order chi connectivity index (χ0) is 14.1. The summed E-state index contributed by atoms with van der Waals surface area (Å²) in [5.41, 5.74) is 2.51. The van der Waals surface area contributed by atoms with E-state index in [2.05, 4.69) is 9.97 Å². The summed E-state index contributed by atoms with van der Waals surface area (Å²) in [4.78, 5) is 19.5. The van der Waals surface area contributed by atoms with Crippen molar-refractivity contribution in [1.82, 2.24) is 9.97 Å². The minimum Gasteiger partial charge on any atom is -0.495 e. The van der Waals surface area contributed by atoms with Gasteiger partial charge in [-0.15, -0.1) is 0 Å². The number of hydrogen-bond acceptors (Lipinski definition) is 3. The Kier molecular flexibility index (Phi) is 3.49. The average molecular weight is 291 g/mol. The van der Waals surface area contributed by atoms with Crippen molar-refractivity contribution in [3.8, 4) is 17.1 Å².